The Kier molecular flexibility index (Phi) is 5.20. The molecule has 0 aliphatic heterocycles. The molecular formula is C19H15FN2O4S. The van der Waals surface area contributed by atoms with Crippen molar-refractivity contribution in [2.24, 2.45) is 5.14 Å². The zero-order valence-corrected chi connectivity index (χ0v) is 14.7. The zero-order chi connectivity index (χ0) is 19.4. The van der Waals surface area contributed by atoms with Crippen molar-refractivity contribution in [2.75, 3.05) is 5.32 Å². The Hall–Kier alpha value is -3.23. The number of carbonyl (C=O) groups excluding carboxylic acids is 1. The van der Waals surface area contributed by atoms with Crippen LogP contribution in [0.5, 0.6) is 5.75 Å². The molecule has 27 heavy (non-hydrogen) atoms. The molecule has 3 aromatic carbocycles. The average Bonchev–Trinajstić information content (AvgIpc) is 2.64. The third kappa shape index (κ3) is 4.90. The molecule has 138 valence electrons. The van der Waals surface area contributed by atoms with Gasteiger partial charge in [-0.05, 0) is 59.7 Å². The number of hydrogen-bond donors (Lipinski definition) is 2. The first kappa shape index (κ1) is 18.6. The van der Waals surface area contributed by atoms with Gasteiger partial charge in [0.2, 0.25) is 10.0 Å². The minimum absolute atomic E-state index is 0.0312. The van der Waals surface area contributed by atoms with Crippen molar-refractivity contribution in [2.45, 2.75) is 4.90 Å². The van der Waals surface area contributed by atoms with Gasteiger partial charge in [0.05, 0.1) is 4.90 Å². The van der Waals surface area contributed by atoms with Gasteiger partial charge < -0.3 is 4.74 Å². The Morgan fingerprint density at radius 1 is 0.852 bits per heavy atom. The van der Waals surface area contributed by atoms with Crippen molar-refractivity contribution in [3.8, 4) is 16.9 Å². The zero-order valence-electron chi connectivity index (χ0n) is 13.9. The summed E-state index contributed by atoms with van der Waals surface area (Å²) in [5, 5.41) is 7.56. The molecule has 0 unspecified atom stereocenters. The largest absolute Gasteiger partial charge is 0.417 e. The Bertz CT molecular complexity index is 1050. The second kappa shape index (κ2) is 7.56. The second-order valence-corrected chi connectivity index (χ2v) is 7.18. The van der Waals surface area contributed by atoms with Crippen LogP contribution in [0.25, 0.3) is 11.1 Å². The number of sulfonamides is 1. The molecule has 0 fully saturated rings. The molecule has 3 rings (SSSR count). The van der Waals surface area contributed by atoms with E-state index in [0.717, 1.165) is 11.1 Å². The maximum absolute atomic E-state index is 12.8. The molecule has 0 saturated carbocycles. The molecule has 0 spiro atoms. The van der Waals surface area contributed by atoms with Crippen LogP contribution in [0.4, 0.5) is 14.9 Å². The van der Waals surface area contributed by atoms with Gasteiger partial charge in [-0.1, -0.05) is 24.3 Å². The van der Waals surface area contributed by atoms with Crippen LogP contribution in [0.2, 0.25) is 0 Å². The number of nitrogens with two attached hydrogens (primary N) is 1. The number of ether oxygens (including phenoxy) is 1. The third-order valence-corrected chi connectivity index (χ3v) is 4.60. The smallest absolute Gasteiger partial charge is 0.410 e. The van der Waals surface area contributed by atoms with Crippen molar-refractivity contribution in [3.63, 3.8) is 0 Å². The van der Waals surface area contributed by atoms with Crippen LogP contribution in [0, 0.1) is 5.82 Å². The van der Waals surface area contributed by atoms with E-state index in [9.17, 15) is 17.6 Å². The van der Waals surface area contributed by atoms with E-state index in [-0.39, 0.29) is 4.90 Å². The van der Waals surface area contributed by atoms with Crippen molar-refractivity contribution in [1.82, 2.24) is 0 Å². The highest BCUT2D eigenvalue weighted by Gasteiger charge is 2.09. The number of primary sulfonamides is 1. The molecule has 6 nitrogen and oxygen atoms in total. The fourth-order valence-corrected chi connectivity index (χ4v) is 2.85. The molecule has 0 aromatic heterocycles. The second-order valence-electron chi connectivity index (χ2n) is 5.62. The SMILES string of the molecule is NS(=O)(=O)c1ccc(-c2ccc(OC(=O)Nc3ccc(F)cc3)cc2)cc1. The minimum Gasteiger partial charge on any atom is -0.410 e. The molecule has 0 aliphatic carbocycles. The van der Waals surface area contributed by atoms with Crippen molar-refractivity contribution in [1.29, 1.82) is 0 Å². The molecule has 3 N–H and O–H groups in total. The molecule has 1 amide bonds. The third-order valence-electron chi connectivity index (χ3n) is 3.67. The van der Waals surface area contributed by atoms with Crippen LogP contribution < -0.4 is 15.2 Å². The lowest BCUT2D eigenvalue weighted by atomic mass is 10.1. The van der Waals surface area contributed by atoms with E-state index in [1.807, 2.05) is 0 Å². The van der Waals surface area contributed by atoms with E-state index >= 15 is 0 Å². The Labute approximate surface area is 155 Å². The Morgan fingerprint density at radius 2 is 1.37 bits per heavy atom. The minimum atomic E-state index is -3.74. The van der Waals surface area contributed by atoms with Crippen LogP contribution in [0.15, 0.2) is 77.7 Å². The van der Waals surface area contributed by atoms with E-state index in [4.69, 9.17) is 9.88 Å². The summed E-state index contributed by atoms with van der Waals surface area (Å²) in [7, 11) is -3.74. The predicted molar refractivity (Wildman–Crippen MR) is 99.3 cm³/mol. The molecule has 0 bridgehead atoms. The lowest BCUT2D eigenvalue weighted by Gasteiger charge is -2.08. The van der Waals surface area contributed by atoms with E-state index in [1.165, 1.54) is 36.4 Å². The maximum atomic E-state index is 12.8. The number of amides is 1. The summed E-state index contributed by atoms with van der Waals surface area (Å²) in [6.45, 7) is 0. The van der Waals surface area contributed by atoms with Crippen LogP contribution >= 0.6 is 0 Å². The lowest BCUT2D eigenvalue weighted by Crippen LogP contribution is -2.16. The summed E-state index contributed by atoms with van der Waals surface area (Å²) in [4.78, 5) is 11.9. The first-order valence-corrected chi connectivity index (χ1v) is 9.33. The molecule has 0 radical (unpaired) electrons. The fourth-order valence-electron chi connectivity index (χ4n) is 2.34. The van der Waals surface area contributed by atoms with Crippen molar-refractivity contribution >= 4 is 21.8 Å². The monoisotopic (exact) mass is 386 g/mol. The molecule has 0 atom stereocenters. The van der Waals surface area contributed by atoms with Gasteiger partial charge in [-0.3, -0.25) is 5.32 Å². The van der Waals surface area contributed by atoms with Gasteiger partial charge in [0.15, 0.2) is 0 Å². The summed E-state index contributed by atoms with van der Waals surface area (Å²) < 4.78 is 40.6. The highest BCUT2D eigenvalue weighted by molar-refractivity contribution is 7.89. The first-order chi connectivity index (χ1) is 12.8. The lowest BCUT2D eigenvalue weighted by molar-refractivity contribution is 0.215. The van der Waals surface area contributed by atoms with Gasteiger partial charge in [0.25, 0.3) is 0 Å². The summed E-state index contributed by atoms with van der Waals surface area (Å²) >= 11 is 0. The number of carbonyl (C=O) groups is 1. The number of rotatable bonds is 4. The van der Waals surface area contributed by atoms with Crippen LogP contribution in [-0.4, -0.2) is 14.5 Å². The molecule has 0 aliphatic rings. The number of anilines is 1. The molecule has 0 saturated heterocycles. The first-order valence-electron chi connectivity index (χ1n) is 7.79. The van der Waals surface area contributed by atoms with Gasteiger partial charge in [-0.2, -0.15) is 0 Å². The summed E-state index contributed by atoms with van der Waals surface area (Å²) in [6, 6.07) is 18.1. The quantitative estimate of drug-likeness (QED) is 0.713. The van der Waals surface area contributed by atoms with E-state index in [2.05, 4.69) is 5.32 Å². The molecule has 8 heteroatoms. The summed E-state index contributed by atoms with van der Waals surface area (Å²) in [5.74, 6) is -0.0823. The highest BCUT2D eigenvalue weighted by Crippen LogP contribution is 2.24. The van der Waals surface area contributed by atoms with Gasteiger partial charge in [0.1, 0.15) is 11.6 Å². The van der Waals surface area contributed by atoms with Crippen LogP contribution in [-0.2, 0) is 10.0 Å². The molecule has 0 heterocycles. The topological polar surface area (TPSA) is 98.5 Å². The maximum Gasteiger partial charge on any atom is 0.417 e. The van der Waals surface area contributed by atoms with Crippen molar-refractivity contribution < 1.29 is 22.3 Å². The van der Waals surface area contributed by atoms with Crippen molar-refractivity contribution in [3.05, 3.63) is 78.6 Å². The Balaban J connectivity index is 1.66. The molecular weight excluding hydrogens is 371 g/mol. The number of hydrogen-bond acceptors (Lipinski definition) is 4. The number of halogens is 1. The Morgan fingerprint density at radius 3 is 1.89 bits per heavy atom. The number of benzene rings is 3. The van der Waals surface area contributed by atoms with Crippen LogP contribution in [0.3, 0.4) is 0 Å². The normalized spacial score (nSPS) is 11.0. The van der Waals surface area contributed by atoms with E-state index in [0.29, 0.717) is 11.4 Å². The molecule has 3 aromatic rings. The predicted octanol–water partition coefficient (Wildman–Crippen LogP) is 3.75. The van der Waals surface area contributed by atoms with Gasteiger partial charge in [-0.25, -0.2) is 22.7 Å². The van der Waals surface area contributed by atoms with E-state index < -0.39 is 21.9 Å². The fraction of sp³-hybridized carbons (Fsp3) is 0. The highest BCUT2D eigenvalue weighted by atomic mass is 32.2. The number of nitrogens with one attached hydrogen (secondary N) is 1. The standard InChI is InChI=1S/C19H15FN2O4S/c20-15-5-7-16(8-6-15)22-19(23)26-17-9-1-13(2-10-17)14-3-11-18(12-4-14)27(21,24)25/h1-12H,(H,22,23)(H2,21,24,25). The average molecular weight is 386 g/mol. The summed E-state index contributed by atoms with van der Waals surface area (Å²) in [6.07, 6.45) is -0.702. The van der Waals surface area contributed by atoms with Gasteiger partial charge in [-0.15, -0.1) is 0 Å². The van der Waals surface area contributed by atoms with Gasteiger partial charge in [0, 0.05) is 5.69 Å². The van der Waals surface area contributed by atoms with E-state index in [1.54, 1.807) is 36.4 Å². The summed E-state index contributed by atoms with van der Waals surface area (Å²) in [5.41, 5.74) is 2.00. The van der Waals surface area contributed by atoms with Crippen LogP contribution in [0.1, 0.15) is 0 Å². The van der Waals surface area contributed by atoms with Gasteiger partial charge >= 0.3 is 6.09 Å².